The van der Waals surface area contributed by atoms with Crippen molar-refractivity contribution in [2.75, 3.05) is 26.2 Å². The van der Waals surface area contributed by atoms with Gasteiger partial charge in [0.05, 0.1) is 19.3 Å². The van der Waals surface area contributed by atoms with Gasteiger partial charge in [-0.3, -0.25) is 4.68 Å². The molecule has 0 atom stereocenters. The van der Waals surface area contributed by atoms with Gasteiger partial charge in [-0.05, 0) is 38.9 Å². The first-order valence-corrected chi connectivity index (χ1v) is 7.89. The number of nitrogens with zero attached hydrogens (tertiary/aromatic N) is 3. The van der Waals surface area contributed by atoms with E-state index in [-0.39, 0.29) is 6.61 Å². The molecule has 1 aliphatic heterocycles. The first kappa shape index (κ1) is 15.5. The Kier molecular flexibility index (Phi) is 6.50. The number of hydrogen-bond acceptors (Lipinski definition) is 4. The van der Waals surface area contributed by atoms with Crippen molar-refractivity contribution in [2.24, 2.45) is 0 Å². The first-order valence-electron chi connectivity index (χ1n) is 7.89. The zero-order valence-electron chi connectivity index (χ0n) is 12.6. The van der Waals surface area contributed by atoms with Gasteiger partial charge >= 0.3 is 0 Å². The smallest absolute Gasteiger partial charge is 0.0640 e. The number of rotatable bonds is 8. The highest BCUT2D eigenvalue weighted by Gasteiger charge is 2.18. The third kappa shape index (κ3) is 4.89. The average molecular weight is 280 g/mol. The highest BCUT2D eigenvalue weighted by Crippen LogP contribution is 2.12. The van der Waals surface area contributed by atoms with E-state index in [1.165, 1.54) is 50.9 Å². The van der Waals surface area contributed by atoms with Crippen molar-refractivity contribution in [3.05, 3.63) is 18.0 Å². The van der Waals surface area contributed by atoms with Crippen LogP contribution in [0.1, 0.15) is 38.2 Å². The normalized spacial score (nSPS) is 17.7. The number of unbranched alkanes of at least 4 members (excludes halogenated alkanes) is 1. The minimum Gasteiger partial charge on any atom is -0.394 e. The zero-order chi connectivity index (χ0) is 14.2. The number of likely N-dealkylation sites (tertiary alicyclic amines) is 1. The van der Waals surface area contributed by atoms with Crippen LogP contribution in [0.3, 0.4) is 0 Å². The molecule has 0 spiro atoms. The van der Waals surface area contributed by atoms with E-state index < -0.39 is 0 Å². The van der Waals surface area contributed by atoms with Crippen molar-refractivity contribution < 1.29 is 5.11 Å². The highest BCUT2D eigenvalue weighted by atomic mass is 16.3. The predicted molar refractivity (Wildman–Crippen MR) is 80.5 cm³/mol. The second-order valence-electron chi connectivity index (χ2n) is 5.69. The molecular formula is C15H28N4O. The maximum Gasteiger partial charge on any atom is 0.0640 e. The van der Waals surface area contributed by atoms with Crippen LogP contribution in [0.2, 0.25) is 0 Å². The number of aliphatic hydroxyl groups excluding tert-OH is 1. The summed E-state index contributed by atoms with van der Waals surface area (Å²) in [6.07, 6.45) is 9.00. The van der Waals surface area contributed by atoms with Gasteiger partial charge in [-0.25, -0.2) is 0 Å². The van der Waals surface area contributed by atoms with E-state index in [2.05, 4.69) is 22.2 Å². The van der Waals surface area contributed by atoms with Crippen molar-refractivity contribution in [3.63, 3.8) is 0 Å². The Morgan fingerprint density at radius 3 is 2.85 bits per heavy atom. The molecule has 1 saturated heterocycles. The summed E-state index contributed by atoms with van der Waals surface area (Å²) in [7, 11) is 0. The van der Waals surface area contributed by atoms with Crippen LogP contribution < -0.4 is 5.32 Å². The van der Waals surface area contributed by atoms with E-state index in [1.807, 2.05) is 12.4 Å². The Labute approximate surface area is 122 Å². The molecule has 0 saturated carbocycles. The van der Waals surface area contributed by atoms with Crippen molar-refractivity contribution in [3.8, 4) is 0 Å². The second-order valence-corrected chi connectivity index (χ2v) is 5.69. The van der Waals surface area contributed by atoms with Gasteiger partial charge in [0, 0.05) is 24.3 Å². The lowest BCUT2D eigenvalue weighted by Crippen LogP contribution is -2.42. The molecule has 0 aliphatic carbocycles. The lowest BCUT2D eigenvalue weighted by atomic mass is 10.0. The van der Waals surface area contributed by atoms with Crippen molar-refractivity contribution >= 4 is 0 Å². The molecule has 1 aromatic rings. The fourth-order valence-corrected chi connectivity index (χ4v) is 2.73. The van der Waals surface area contributed by atoms with Crippen LogP contribution in [0.25, 0.3) is 0 Å². The van der Waals surface area contributed by atoms with Gasteiger partial charge in [-0.1, -0.05) is 13.3 Å². The Morgan fingerprint density at radius 2 is 2.15 bits per heavy atom. The third-order valence-corrected chi connectivity index (χ3v) is 4.03. The molecule has 5 heteroatoms. The van der Waals surface area contributed by atoms with E-state index in [0.717, 1.165) is 6.54 Å². The van der Waals surface area contributed by atoms with Crippen LogP contribution >= 0.6 is 0 Å². The number of aliphatic hydroxyl groups is 1. The Hall–Kier alpha value is -0.910. The molecule has 2 rings (SSSR count). The highest BCUT2D eigenvalue weighted by molar-refractivity contribution is 5.03. The molecule has 2 N–H and O–H groups in total. The molecule has 0 aromatic carbocycles. The summed E-state index contributed by atoms with van der Waals surface area (Å²) in [6, 6.07) is 0.633. The summed E-state index contributed by atoms with van der Waals surface area (Å²) in [6.45, 7) is 7.57. The molecule has 2 heterocycles. The lowest BCUT2D eigenvalue weighted by molar-refractivity contribution is 0.195. The summed E-state index contributed by atoms with van der Waals surface area (Å²) in [4.78, 5) is 2.58. The molecule has 0 bridgehead atoms. The van der Waals surface area contributed by atoms with Crippen molar-refractivity contribution in [2.45, 2.75) is 51.7 Å². The molecule has 1 fully saturated rings. The maximum atomic E-state index is 8.87. The van der Waals surface area contributed by atoms with Crippen molar-refractivity contribution in [1.29, 1.82) is 0 Å². The number of piperidine rings is 1. The topological polar surface area (TPSA) is 53.3 Å². The largest absolute Gasteiger partial charge is 0.394 e. The molecule has 0 amide bonds. The van der Waals surface area contributed by atoms with E-state index in [0.29, 0.717) is 12.6 Å². The molecule has 0 unspecified atom stereocenters. The molecule has 114 valence electrons. The van der Waals surface area contributed by atoms with Gasteiger partial charge < -0.3 is 15.3 Å². The second kappa shape index (κ2) is 8.39. The van der Waals surface area contributed by atoms with Crippen molar-refractivity contribution in [1.82, 2.24) is 20.0 Å². The SMILES string of the molecule is CCCCN1CCC(NCc2cnn(CCO)c2)CC1. The molecule has 5 nitrogen and oxygen atoms in total. The molecule has 1 aliphatic rings. The summed E-state index contributed by atoms with van der Waals surface area (Å²) < 4.78 is 1.80. The fourth-order valence-electron chi connectivity index (χ4n) is 2.73. The standard InChI is InChI=1S/C15H28N4O/c1-2-3-6-18-7-4-15(5-8-18)16-11-14-12-17-19(13-14)9-10-20/h12-13,15-16,20H,2-11H2,1H3. The number of aromatic nitrogens is 2. The van der Waals surface area contributed by atoms with Gasteiger partial charge in [0.2, 0.25) is 0 Å². The van der Waals surface area contributed by atoms with Crippen LogP contribution in [0, 0.1) is 0 Å². The number of nitrogens with one attached hydrogen (secondary N) is 1. The minimum absolute atomic E-state index is 0.144. The summed E-state index contributed by atoms with van der Waals surface area (Å²) in [5.74, 6) is 0. The van der Waals surface area contributed by atoms with Crippen LogP contribution in [-0.4, -0.2) is 52.1 Å². The van der Waals surface area contributed by atoms with Gasteiger partial charge in [-0.2, -0.15) is 5.10 Å². The quantitative estimate of drug-likeness (QED) is 0.752. The molecule has 20 heavy (non-hydrogen) atoms. The van der Waals surface area contributed by atoms with Gasteiger partial charge in [0.1, 0.15) is 0 Å². The van der Waals surface area contributed by atoms with Crippen LogP contribution in [0.5, 0.6) is 0 Å². The van der Waals surface area contributed by atoms with Gasteiger partial charge in [0.25, 0.3) is 0 Å². The molecular weight excluding hydrogens is 252 g/mol. The van der Waals surface area contributed by atoms with Gasteiger partial charge in [0.15, 0.2) is 0 Å². The van der Waals surface area contributed by atoms with Crippen LogP contribution in [0.4, 0.5) is 0 Å². The van der Waals surface area contributed by atoms with E-state index in [9.17, 15) is 0 Å². The van der Waals surface area contributed by atoms with Crippen LogP contribution in [0.15, 0.2) is 12.4 Å². The zero-order valence-corrected chi connectivity index (χ0v) is 12.6. The summed E-state index contributed by atoms with van der Waals surface area (Å²) in [5, 5.41) is 16.7. The summed E-state index contributed by atoms with van der Waals surface area (Å²) in [5.41, 5.74) is 1.20. The maximum absolute atomic E-state index is 8.87. The Morgan fingerprint density at radius 1 is 1.35 bits per heavy atom. The average Bonchev–Trinajstić information content (AvgIpc) is 2.92. The lowest BCUT2D eigenvalue weighted by Gasteiger charge is -2.32. The molecule has 1 aromatic heterocycles. The monoisotopic (exact) mass is 280 g/mol. The van der Waals surface area contributed by atoms with Gasteiger partial charge in [-0.15, -0.1) is 0 Å². The minimum atomic E-state index is 0.144. The first-order chi connectivity index (χ1) is 9.81. The summed E-state index contributed by atoms with van der Waals surface area (Å²) >= 11 is 0. The fraction of sp³-hybridized carbons (Fsp3) is 0.800. The predicted octanol–water partition coefficient (Wildman–Crippen LogP) is 1.23. The third-order valence-electron chi connectivity index (χ3n) is 4.03. The van der Waals surface area contributed by atoms with Crippen LogP contribution in [-0.2, 0) is 13.1 Å². The Bertz CT molecular complexity index is 372. The number of hydrogen-bond donors (Lipinski definition) is 2. The van der Waals surface area contributed by atoms with E-state index in [4.69, 9.17) is 5.11 Å². The molecule has 0 radical (unpaired) electrons. The van der Waals surface area contributed by atoms with E-state index >= 15 is 0 Å². The Balaban J connectivity index is 1.65. The van der Waals surface area contributed by atoms with E-state index in [1.54, 1.807) is 4.68 Å².